The molecule has 2 saturated carbocycles. The average Bonchev–Trinajstić information content (AvgIpc) is 3.44. The first kappa shape index (κ1) is 16.3. The van der Waals surface area contributed by atoms with Gasteiger partial charge in [0.25, 0.3) is 0 Å². The summed E-state index contributed by atoms with van der Waals surface area (Å²) in [5, 5.41) is 19.1. The first-order valence-electron chi connectivity index (χ1n) is 9.81. The summed E-state index contributed by atoms with van der Waals surface area (Å²) in [4.78, 5) is 6.64. The van der Waals surface area contributed by atoms with E-state index in [9.17, 15) is 10.2 Å². The van der Waals surface area contributed by atoms with Crippen LogP contribution in [0.25, 0.3) is 0 Å². The van der Waals surface area contributed by atoms with Gasteiger partial charge >= 0.3 is 0 Å². The molecule has 1 heterocycles. The third-order valence-corrected chi connectivity index (χ3v) is 10.4. The minimum Gasteiger partial charge on any atom is -0.396 e. The number of allylic oxidation sites excluding steroid dienone is 4. The molecule has 5 aliphatic rings. The molecular weight excluding hydrogens is 336 g/mol. The fraction of sp³-hybridized carbons (Fsp3) is 0.800. The Morgan fingerprint density at radius 2 is 0.875 bits per heavy atom. The summed E-state index contributed by atoms with van der Waals surface area (Å²) in [7, 11) is 0. The second-order valence-corrected chi connectivity index (χ2v) is 10.8. The largest absolute Gasteiger partial charge is 0.396 e. The van der Waals surface area contributed by atoms with Gasteiger partial charge in [0.15, 0.2) is 0 Å². The topological polar surface area (TPSA) is 40.5 Å². The van der Waals surface area contributed by atoms with Crippen molar-refractivity contribution >= 4 is 23.5 Å². The number of aliphatic hydroxyl groups is 2. The lowest BCUT2D eigenvalue weighted by atomic mass is 10.1. The van der Waals surface area contributed by atoms with E-state index in [1.807, 2.05) is 0 Å². The smallest absolute Gasteiger partial charge is 0.0464 e. The van der Waals surface area contributed by atoms with Gasteiger partial charge in [-0.25, -0.2) is 0 Å². The third-order valence-electron chi connectivity index (χ3n) is 7.37. The summed E-state index contributed by atoms with van der Waals surface area (Å²) < 4.78 is 0. The molecule has 0 radical (unpaired) electrons. The van der Waals surface area contributed by atoms with Crippen LogP contribution in [0.2, 0.25) is 0 Å². The van der Waals surface area contributed by atoms with Crippen molar-refractivity contribution in [1.82, 2.24) is 0 Å². The zero-order chi connectivity index (χ0) is 16.3. The molecule has 6 atom stereocenters. The summed E-state index contributed by atoms with van der Waals surface area (Å²) in [6, 6.07) is 0. The molecule has 0 saturated heterocycles. The summed E-state index contributed by atoms with van der Waals surface area (Å²) in [6.45, 7) is 0.813. The first-order valence-corrected chi connectivity index (χ1v) is 11.4. The van der Waals surface area contributed by atoms with Crippen LogP contribution < -0.4 is 0 Å². The van der Waals surface area contributed by atoms with Crippen LogP contribution in [-0.2, 0) is 0 Å². The van der Waals surface area contributed by atoms with Gasteiger partial charge in [0.1, 0.15) is 0 Å². The molecule has 2 nitrogen and oxygen atoms in total. The van der Waals surface area contributed by atoms with Gasteiger partial charge in [-0.3, -0.25) is 0 Å². The Kier molecular flexibility index (Phi) is 4.32. The Balaban J connectivity index is 1.28. The van der Waals surface area contributed by atoms with Gasteiger partial charge in [-0.15, -0.1) is 0 Å². The predicted molar refractivity (Wildman–Crippen MR) is 101 cm³/mol. The predicted octanol–water partition coefficient (Wildman–Crippen LogP) is 4.75. The summed E-state index contributed by atoms with van der Waals surface area (Å²) in [5.41, 5.74) is 0. The number of hydrogen-bond acceptors (Lipinski definition) is 4. The number of rotatable bonds is 2. The summed E-state index contributed by atoms with van der Waals surface area (Å²) >= 11 is 4.23. The van der Waals surface area contributed by atoms with Gasteiger partial charge < -0.3 is 10.2 Å². The minimum atomic E-state index is 0.407. The van der Waals surface area contributed by atoms with E-state index >= 15 is 0 Å². The van der Waals surface area contributed by atoms with Crippen LogP contribution in [-0.4, -0.2) is 23.4 Å². The molecule has 0 aromatic rings. The lowest BCUT2D eigenvalue weighted by Crippen LogP contribution is -2.03. The molecule has 2 N–H and O–H groups in total. The van der Waals surface area contributed by atoms with E-state index in [0.29, 0.717) is 25.0 Å². The van der Waals surface area contributed by atoms with E-state index in [1.165, 1.54) is 51.4 Å². The highest BCUT2D eigenvalue weighted by molar-refractivity contribution is 8.13. The molecule has 4 heteroatoms. The normalized spacial score (nSPS) is 44.2. The summed E-state index contributed by atoms with van der Waals surface area (Å²) in [6.07, 6.45) is 10.1. The van der Waals surface area contributed by atoms with Crippen LogP contribution in [0.3, 0.4) is 0 Å². The highest BCUT2D eigenvalue weighted by Gasteiger charge is 2.50. The minimum absolute atomic E-state index is 0.407. The molecule has 24 heavy (non-hydrogen) atoms. The van der Waals surface area contributed by atoms with Gasteiger partial charge in [-0.05, 0) is 106 Å². The highest BCUT2D eigenvalue weighted by Crippen LogP contribution is 2.61. The molecule has 0 aromatic carbocycles. The van der Waals surface area contributed by atoms with Crippen LogP contribution in [0.15, 0.2) is 19.6 Å². The monoisotopic (exact) mass is 364 g/mol. The average molecular weight is 365 g/mol. The van der Waals surface area contributed by atoms with Crippen molar-refractivity contribution in [2.75, 3.05) is 13.2 Å². The van der Waals surface area contributed by atoms with E-state index in [1.54, 1.807) is 19.6 Å². The van der Waals surface area contributed by atoms with Crippen LogP contribution in [0.1, 0.15) is 51.4 Å². The fourth-order valence-corrected chi connectivity index (χ4v) is 8.62. The van der Waals surface area contributed by atoms with Crippen LogP contribution >= 0.6 is 23.5 Å². The fourth-order valence-electron chi connectivity index (χ4n) is 5.78. The number of aliphatic hydroxyl groups excluding tert-OH is 2. The van der Waals surface area contributed by atoms with Gasteiger partial charge in [-0.1, -0.05) is 23.5 Å². The van der Waals surface area contributed by atoms with Crippen LogP contribution in [0.5, 0.6) is 0 Å². The van der Waals surface area contributed by atoms with Crippen molar-refractivity contribution in [2.45, 2.75) is 51.4 Å². The quantitative estimate of drug-likeness (QED) is 0.742. The molecule has 0 spiro atoms. The van der Waals surface area contributed by atoms with Crippen LogP contribution in [0.4, 0.5) is 0 Å². The number of hydrogen-bond donors (Lipinski definition) is 2. The zero-order valence-corrected chi connectivity index (χ0v) is 15.9. The Bertz CT molecular complexity index is 500. The molecule has 2 fully saturated rings. The Morgan fingerprint density at radius 3 is 1.12 bits per heavy atom. The standard InChI is InChI=1S/C20H28O2S2/c21-9-15-11-1-5-17-18(6-2-12(11)15)24-20-8-4-14-13(16(14)10-22)3-7-19(20)23-17/h11-16,21-22H,1-10H2/t11-,12+,13+,14-,15?,16?. The van der Waals surface area contributed by atoms with Crippen molar-refractivity contribution in [3.63, 3.8) is 0 Å². The summed E-state index contributed by atoms with van der Waals surface area (Å²) in [5.74, 6) is 4.44. The maximum Gasteiger partial charge on any atom is 0.0464 e. The molecule has 0 amide bonds. The van der Waals surface area contributed by atoms with Crippen molar-refractivity contribution in [3.8, 4) is 0 Å². The molecule has 132 valence electrons. The number of thioether (sulfide) groups is 2. The lowest BCUT2D eigenvalue weighted by Gasteiger charge is -2.27. The zero-order valence-electron chi connectivity index (χ0n) is 14.2. The van der Waals surface area contributed by atoms with Crippen molar-refractivity contribution in [2.24, 2.45) is 35.5 Å². The number of fused-ring (bicyclic) bond motifs is 2. The Labute approximate surface area is 153 Å². The lowest BCUT2D eigenvalue weighted by molar-refractivity contribution is 0.262. The maximum atomic E-state index is 9.53. The SMILES string of the molecule is OCC1[C@H]2CCC3=C(CC[C@@H]12)SC1=C(CC[C@H]2C(CO)[C@H]2CC1)S3. The van der Waals surface area contributed by atoms with Gasteiger partial charge in [0.2, 0.25) is 0 Å². The van der Waals surface area contributed by atoms with Crippen LogP contribution in [0, 0.1) is 35.5 Å². The second kappa shape index (κ2) is 6.37. The molecule has 1 aliphatic heterocycles. The first-order chi connectivity index (χ1) is 11.8. The third kappa shape index (κ3) is 2.72. The van der Waals surface area contributed by atoms with E-state index in [4.69, 9.17) is 0 Å². The Morgan fingerprint density at radius 1 is 0.583 bits per heavy atom. The second-order valence-electron chi connectivity index (χ2n) is 8.40. The van der Waals surface area contributed by atoms with Gasteiger partial charge in [0.05, 0.1) is 0 Å². The molecule has 4 aliphatic carbocycles. The van der Waals surface area contributed by atoms with E-state index < -0.39 is 0 Å². The van der Waals surface area contributed by atoms with Crippen molar-refractivity contribution in [1.29, 1.82) is 0 Å². The van der Waals surface area contributed by atoms with E-state index in [2.05, 4.69) is 23.5 Å². The highest BCUT2D eigenvalue weighted by atomic mass is 32.2. The van der Waals surface area contributed by atoms with E-state index in [-0.39, 0.29) is 0 Å². The Hall–Kier alpha value is 0.1000. The molecule has 0 bridgehead atoms. The van der Waals surface area contributed by atoms with Gasteiger partial charge in [-0.2, -0.15) is 0 Å². The van der Waals surface area contributed by atoms with Crippen molar-refractivity contribution in [3.05, 3.63) is 19.6 Å². The molecule has 5 rings (SSSR count). The maximum absolute atomic E-state index is 9.53. The molecular formula is C20H28O2S2. The molecule has 2 unspecified atom stereocenters. The molecule has 0 aromatic heterocycles. The van der Waals surface area contributed by atoms with Crippen molar-refractivity contribution < 1.29 is 10.2 Å². The van der Waals surface area contributed by atoms with E-state index in [0.717, 1.165) is 23.7 Å². The van der Waals surface area contributed by atoms with Gasteiger partial charge in [0, 0.05) is 13.2 Å².